The number of carboxylic acids is 1. The van der Waals surface area contributed by atoms with E-state index in [1.54, 1.807) is 25.2 Å². The average Bonchev–Trinajstić information content (AvgIpc) is 2.48. The van der Waals surface area contributed by atoms with E-state index in [9.17, 15) is 14.4 Å². The van der Waals surface area contributed by atoms with E-state index in [0.717, 1.165) is 0 Å². The van der Waals surface area contributed by atoms with Gasteiger partial charge in [-0.05, 0) is 31.0 Å². The molecule has 1 heterocycles. The molecule has 0 radical (unpaired) electrons. The lowest BCUT2D eigenvalue weighted by atomic mass is 10.1. The summed E-state index contributed by atoms with van der Waals surface area (Å²) in [5.74, 6) is -0.593. The van der Waals surface area contributed by atoms with E-state index in [2.05, 4.69) is 5.32 Å². The summed E-state index contributed by atoms with van der Waals surface area (Å²) in [6.45, 7) is 0.0127. The topological polar surface area (TPSA) is 95.9 Å². The first-order chi connectivity index (χ1) is 10.5. The van der Waals surface area contributed by atoms with Gasteiger partial charge in [-0.3, -0.25) is 14.4 Å². The Balaban J connectivity index is 1.92. The first-order valence-corrected chi connectivity index (χ1v) is 7.02. The molecule has 7 nitrogen and oxygen atoms in total. The van der Waals surface area contributed by atoms with E-state index >= 15 is 0 Å². The summed E-state index contributed by atoms with van der Waals surface area (Å²) in [4.78, 5) is 35.3. The van der Waals surface area contributed by atoms with Gasteiger partial charge in [-0.15, -0.1) is 0 Å². The molecule has 1 aliphatic heterocycles. The lowest BCUT2D eigenvalue weighted by molar-refractivity contribution is -0.137. The summed E-state index contributed by atoms with van der Waals surface area (Å²) >= 11 is 0. The van der Waals surface area contributed by atoms with Gasteiger partial charge in [-0.2, -0.15) is 0 Å². The van der Waals surface area contributed by atoms with Crippen LogP contribution in [0.3, 0.4) is 0 Å². The van der Waals surface area contributed by atoms with Gasteiger partial charge in [-0.1, -0.05) is 0 Å². The van der Waals surface area contributed by atoms with Crippen LogP contribution in [0.1, 0.15) is 25.7 Å². The van der Waals surface area contributed by atoms with Gasteiger partial charge in [0.25, 0.3) is 5.91 Å². The van der Waals surface area contributed by atoms with Gasteiger partial charge < -0.3 is 20.1 Å². The van der Waals surface area contributed by atoms with Crippen LogP contribution in [0, 0.1) is 0 Å². The van der Waals surface area contributed by atoms with Crippen molar-refractivity contribution in [2.75, 3.05) is 23.9 Å². The van der Waals surface area contributed by atoms with Crippen molar-refractivity contribution in [3.63, 3.8) is 0 Å². The van der Waals surface area contributed by atoms with Crippen molar-refractivity contribution in [3.8, 4) is 5.75 Å². The highest BCUT2D eigenvalue weighted by Gasteiger charge is 2.22. The fourth-order valence-corrected chi connectivity index (χ4v) is 2.14. The van der Waals surface area contributed by atoms with Crippen molar-refractivity contribution < 1.29 is 24.2 Å². The highest BCUT2D eigenvalue weighted by Crippen LogP contribution is 2.33. The summed E-state index contributed by atoms with van der Waals surface area (Å²) < 4.78 is 5.31. The van der Waals surface area contributed by atoms with Crippen molar-refractivity contribution in [2.45, 2.75) is 25.7 Å². The van der Waals surface area contributed by atoms with Crippen molar-refractivity contribution in [3.05, 3.63) is 18.2 Å². The molecule has 1 aromatic carbocycles. The number of fused-ring (bicyclic) bond motifs is 1. The normalized spacial score (nSPS) is 13.3. The molecule has 0 saturated carbocycles. The maximum Gasteiger partial charge on any atom is 0.303 e. The van der Waals surface area contributed by atoms with Crippen LogP contribution in [-0.2, 0) is 14.4 Å². The molecule has 0 fully saturated rings. The van der Waals surface area contributed by atoms with Gasteiger partial charge in [-0.25, -0.2) is 0 Å². The fourth-order valence-electron chi connectivity index (χ4n) is 2.14. The smallest absolute Gasteiger partial charge is 0.303 e. The predicted molar refractivity (Wildman–Crippen MR) is 80.1 cm³/mol. The number of hydrogen-bond donors (Lipinski definition) is 2. The zero-order valence-corrected chi connectivity index (χ0v) is 12.3. The SMILES string of the molecule is CN1C(=O)COc2ccc(NC(=O)CCCCC(=O)O)cc21. The van der Waals surface area contributed by atoms with Crippen molar-refractivity contribution in [1.29, 1.82) is 0 Å². The van der Waals surface area contributed by atoms with E-state index in [0.29, 0.717) is 30.0 Å². The molecule has 0 saturated heterocycles. The molecular weight excluding hydrogens is 288 g/mol. The molecule has 1 aromatic rings. The lowest BCUT2D eigenvalue weighted by Gasteiger charge is -2.26. The zero-order valence-electron chi connectivity index (χ0n) is 12.3. The maximum atomic E-state index is 11.8. The highest BCUT2D eigenvalue weighted by molar-refractivity contribution is 5.99. The zero-order chi connectivity index (χ0) is 16.1. The van der Waals surface area contributed by atoms with E-state index in [1.807, 2.05) is 0 Å². The Hall–Kier alpha value is -2.57. The Morgan fingerprint density at radius 1 is 1.32 bits per heavy atom. The Kier molecular flexibility index (Phi) is 4.98. The third-order valence-electron chi connectivity index (χ3n) is 3.37. The predicted octanol–water partition coefficient (Wildman–Crippen LogP) is 1.63. The minimum atomic E-state index is -0.859. The van der Waals surface area contributed by atoms with Crippen LogP contribution in [0.4, 0.5) is 11.4 Å². The number of rotatable bonds is 6. The highest BCUT2D eigenvalue weighted by atomic mass is 16.5. The molecule has 118 valence electrons. The van der Waals surface area contributed by atoms with Crippen LogP contribution in [0.15, 0.2) is 18.2 Å². The van der Waals surface area contributed by atoms with Crippen molar-refractivity contribution >= 4 is 29.2 Å². The Bertz CT molecular complexity index is 600. The summed E-state index contributed by atoms with van der Waals surface area (Å²) in [7, 11) is 1.65. The van der Waals surface area contributed by atoms with Crippen molar-refractivity contribution in [2.24, 2.45) is 0 Å². The maximum absolute atomic E-state index is 11.8. The first-order valence-electron chi connectivity index (χ1n) is 7.02. The van der Waals surface area contributed by atoms with Crippen LogP contribution in [-0.4, -0.2) is 36.5 Å². The molecule has 0 spiro atoms. The number of unbranched alkanes of at least 4 members (excludes halogenated alkanes) is 1. The molecule has 2 N–H and O–H groups in total. The van der Waals surface area contributed by atoms with Gasteiger partial charge in [0.1, 0.15) is 5.75 Å². The molecule has 2 rings (SSSR count). The minimum absolute atomic E-state index is 0.0127. The van der Waals surface area contributed by atoms with Gasteiger partial charge in [0.2, 0.25) is 5.91 Å². The van der Waals surface area contributed by atoms with E-state index in [1.165, 1.54) is 4.90 Å². The Morgan fingerprint density at radius 3 is 2.77 bits per heavy atom. The van der Waals surface area contributed by atoms with Crippen LogP contribution in [0.5, 0.6) is 5.75 Å². The Labute approximate surface area is 127 Å². The molecule has 1 aliphatic rings. The van der Waals surface area contributed by atoms with Gasteiger partial charge in [0.15, 0.2) is 6.61 Å². The van der Waals surface area contributed by atoms with E-state index in [4.69, 9.17) is 9.84 Å². The summed E-state index contributed by atoms with van der Waals surface area (Å²) in [5.41, 5.74) is 1.19. The average molecular weight is 306 g/mol. The largest absolute Gasteiger partial charge is 0.482 e. The number of likely N-dealkylation sites (N-methyl/N-ethyl adjacent to an activating group) is 1. The van der Waals surface area contributed by atoms with Crippen LogP contribution in [0.25, 0.3) is 0 Å². The second-order valence-corrected chi connectivity index (χ2v) is 5.07. The monoisotopic (exact) mass is 306 g/mol. The van der Waals surface area contributed by atoms with Crippen LogP contribution in [0.2, 0.25) is 0 Å². The number of nitrogens with one attached hydrogen (secondary N) is 1. The number of carbonyl (C=O) groups excluding carboxylic acids is 2. The molecule has 0 atom stereocenters. The Morgan fingerprint density at radius 2 is 2.05 bits per heavy atom. The molecule has 0 aromatic heterocycles. The standard InChI is InChI=1S/C15H18N2O5/c1-17-11-8-10(6-7-12(11)22-9-14(17)19)16-13(18)4-2-3-5-15(20)21/h6-8H,2-5,9H2,1H3,(H,16,18)(H,20,21). The second-order valence-electron chi connectivity index (χ2n) is 5.07. The molecule has 0 aliphatic carbocycles. The van der Waals surface area contributed by atoms with Gasteiger partial charge in [0, 0.05) is 25.6 Å². The minimum Gasteiger partial charge on any atom is -0.482 e. The third-order valence-corrected chi connectivity index (χ3v) is 3.37. The third kappa shape index (κ3) is 3.97. The summed E-state index contributed by atoms with van der Waals surface area (Å²) in [5, 5.41) is 11.3. The van der Waals surface area contributed by atoms with Gasteiger partial charge >= 0.3 is 5.97 Å². The molecule has 22 heavy (non-hydrogen) atoms. The van der Waals surface area contributed by atoms with E-state index < -0.39 is 5.97 Å². The second kappa shape index (κ2) is 6.93. The van der Waals surface area contributed by atoms with Crippen LogP contribution < -0.4 is 15.0 Å². The number of benzene rings is 1. The van der Waals surface area contributed by atoms with Crippen LogP contribution >= 0.6 is 0 Å². The number of amides is 2. The quantitative estimate of drug-likeness (QED) is 0.779. The number of carboxylic acid groups (broad SMARTS) is 1. The molecule has 0 unspecified atom stereocenters. The lowest BCUT2D eigenvalue weighted by Crippen LogP contribution is -2.35. The fraction of sp³-hybridized carbons (Fsp3) is 0.400. The summed E-state index contributed by atoms with van der Waals surface area (Å²) in [6.07, 6.45) is 1.31. The molecule has 2 amide bonds. The number of ether oxygens (including phenoxy) is 1. The number of carbonyl (C=O) groups is 3. The molecule has 7 heteroatoms. The first kappa shape index (κ1) is 15.8. The summed E-state index contributed by atoms with van der Waals surface area (Å²) in [6, 6.07) is 5.09. The molecular formula is C15H18N2O5. The number of nitrogens with zero attached hydrogens (tertiary/aromatic N) is 1. The van der Waals surface area contributed by atoms with E-state index in [-0.39, 0.29) is 31.3 Å². The molecule has 0 bridgehead atoms. The number of hydrogen-bond acceptors (Lipinski definition) is 4. The van der Waals surface area contributed by atoms with Gasteiger partial charge in [0.05, 0.1) is 5.69 Å². The number of anilines is 2. The van der Waals surface area contributed by atoms with Crippen molar-refractivity contribution in [1.82, 2.24) is 0 Å². The number of aliphatic carboxylic acids is 1.